The maximum Gasteiger partial charge on any atom is 0.237 e. The summed E-state index contributed by atoms with van der Waals surface area (Å²) in [6.45, 7) is 2.34. The van der Waals surface area contributed by atoms with Gasteiger partial charge in [0.25, 0.3) is 0 Å². The quantitative estimate of drug-likeness (QED) is 0.848. The maximum absolute atomic E-state index is 12.1. The molecular weight excluding hydrogens is 306 g/mol. The highest BCUT2D eigenvalue weighted by molar-refractivity contribution is 5.92. The van der Waals surface area contributed by atoms with E-state index in [1.165, 1.54) is 14.0 Å². The molecule has 0 saturated carbocycles. The van der Waals surface area contributed by atoms with Gasteiger partial charge in [-0.25, -0.2) is 4.98 Å². The molecule has 0 aliphatic carbocycles. The fourth-order valence-electron chi connectivity index (χ4n) is 2.25. The lowest BCUT2D eigenvalue weighted by Crippen LogP contribution is -2.31. The molecule has 0 fully saturated rings. The Morgan fingerprint density at radius 2 is 1.92 bits per heavy atom. The summed E-state index contributed by atoms with van der Waals surface area (Å²) in [7, 11) is 1.50. The minimum atomic E-state index is -0.194. The van der Waals surface area contributed by atoms with Gasteiger partial charge in [0.2, 0.25) is 17.7 Å². The molecule has 1 aromatic carbocycles. The van der Waals surface area contributed by atoms with E-state index in [0.717, 1.165) is 5.56 Å². The second-order valence-corrected chi connectivity index (χ2v) is 5.28. The summed E-state index contributed by atoms with van der Waals surface area (Å²) in [6.07, 6.45) is 1.79. The average Bonchev–Trinajstić information content (AvgIpc) is 2.59. The van der Waals surface area contributed by atoms with Crippen LogP contribution in [-0.4, -0.2) is 35.4 Å². The SMILES string of the molecule is COc1ncccc1NC(=O)CCN(Cc1ccccc1)C(C)=O. The van der Waals surface area contributed by atoms with Gasteiger partial charge in [0, 0.05) is 32.6 Å². The molecule has 0 unspecified atom stereocenters. The van der Waals surface area contributed by atoms with Crippen molar-refractivity contribution in [1.29, 1.82) is 0 Å². The first kappa shape index (κ1) is 17.5. The molecule has 2 amide bonds. The molecule has 126 valence electrons. The van der Waals surface area contributed by atoms with Crippen molar-refractivity contribution in [3.63, 3.8) is 0 Å². The summed E-state index contributed by atoms with van der Waals surface area (Å²) in [5.41, 5.74) is 1.55. The van der Waals surface area contributed by atoms with Crippen molar-refractivity contribution >= 4 is 17.5 Å². The van der Waals surface area contributed by atoms with Crippen LogP contribution in [0.2, 0.25) is 0 Å². The van der Waals surface area contributed by atoms with E-state index in [1.807, 2.05) is 30.3 Å². The number of hydrogen-bond donors (Lipinski definition) is 1. The second-order valence-electron chi connectivity index (χ2n) is 5.28. The maximum atomic E-state index is 12.1. The van der Waals surface area contributed by atoms with Gasteiger partial charge >= 0.3 is 0 Å². The number of benzene rings is 1. The molecule has 1 heterocycles. The summed E-state index contributed by atoms with van der Waals surface area (Å²) >= 11 is 0. The molecule has 0 atom stereocenters. The first-order chi connectivity index (χ1) is 11.6. The third-order valence-electron chi connectivity index (χ3n) is 3.51. The van der Waals surface area contributed by atoms with Crippen molar-refractivity contribution in [3.05, 3.63) is 54.2 Å². The molecule has 0 radical (unpaired) electrons. The fourth-order valence-corrected chi connectivity index (χ4v) is 2.25. The number of amides is 2. The van der Waals surface area contributed by atoms with E-state index >= 15 is 0 Å². The van der Waals surface area contributed by atoms with Gasteiger partial charge in [-0.05, 0) is 17.7 Å². The van der Waals surface area contributed by atoms with Gasteiger partial charge in [0.15, 0.2) is 0 Å². The van der Waals surface area contributed by atoms with Crippen molar-refractivity contribution in [2.75, 3.05) is 19.0 Å². The van der Waals surface area contributed by atoms with E-state index in [2.05, 4.69) is 10.3 Å². The van der Waals surface area contributed by atoms with Crippen LogP contribution in [-0.2, 0) is 16.1 Å². The van der Waals surface area contributed by atoms with E-state index in [4.69, 9.17) is 4.74 Å². The first-order valence-electron chi connectivity index (χ1n) is 7.68. The Hall–Kier alpha value is -2.89. The Bertz CT molecular complexity index is 689. The summed E-state index contributed by atoms with van der Waals surface area (Å²) in [4.78, 5) is 29.6. The molecule has 24 heavy (non-hydrogen) atoms. The number of ether oxygens (including phenoxy) is 1. The summed E-state index contributed by atoms with van der Waals surface area (Å²) in [5, 5.41) is 2.76. The van der Waals surface area contributed by atoms with Crippen molar-refractivity contribution in [2.24, 2.45) is 0 Å². The van der Waals surface area contributed by atoms with Crippen LogP contribution in [0.4, 0.5) is 5.69 Å². The number of anilines is 1. The number of nitrogens with zero attached hydrogens (tertiary/aromatic N) is 2. The number of carbonyl (C=O) groups excluding carboxylic acids is 2. The van der Waals surface area contributed by atoms with E-state index in [1.54, 1.807) is 23.2 Å². The van der Waals surface area contributed by atoms with Gasteiger partial charge in [0.05, 0.1) is 7.11 Å². The summed E-state index contributed by atoms with van der Waals surface area (Å²) in [5.74, 6) is 0.102. The summed E-state index contributed by atoms with van der Waals surface area (Å²) < 4.78 is 5.10. The van der Waals surface area contributed by atoms with Crippen LogP contribution in [0.1, 0.15) is 18.9 Å². The predicted octanol–water partition coefficient (Wildman–Crippen LogP) is 2.47. The van der Waals surface area contributed by atoms with Gasteiger partial charge in [-0.1, -0.05) is 30.3 Å². The molecule has 1 aromatic heterocycles. The van der Waals surface area contributed by atoms with Crippen LogP contribution in [0.15, 0.2) is 48.7 Å². The van der Waals surface area contributed by atoms with E-state index in [-0.39, 0.29) is 18.2 Å². The molecule has 1 N–H and O–H groups in total. The molecule has 0 aliphatic heterocycles. The second kappa shape index (κ2) is 8.67. The molecule has 2 rings (SSSR count). The molecule has 0 saturated heterocycles. The lowest BCUT2D eigenvalue weighted by Gasteiger charge is -2.21. The molecule has 0 spiro atoms. The number of pyridine rings is 1. The normalized spacial score (nSPS) is 10.1. The minimum Gasteiger partial charge on any atom is -0.480 e. The molecule has 0 aliphatic rings. The Labute approximate surface area is 141 Å². The number of nitrogens with one attached hydrogen (secondary N) is 1. The molecule has 0 bridgehead atoms. The number of methoxy groups -OCH3 is 1. The average molecular weight is 327 g/mol. The smallest absolute Gasteiger partial charge is 0.237 e. The van der Waals surface area contributed by atoms with Crippen LogP contribution in [0.3, 0.4) is 0 Å². The zero-order chi connectivity index (χ0) is 17.4. The monoisotopic (exact) mass is 327 g/mol. The lowest BCUT2D eigenvalue weighted by molar-refractivity contribution is -0.129. The van der Waals surface area contributed by atoms with Crippen LogP contribution in [0, 0.1) is 0 Å². The fraction of sp³-hybridized carbons (Fsp3) is 0.278. The van der Waals surface area contributed by atoms with E-state index in [0.29, 0.717) is 24.7 Å². The van der Waals surface area contributed by atoms with Crippen molar-refractivity contribution in [1.82, 2.24) is 9.88 Å². The number of aromatic nitrogens is 1. The predicted molar refractivity (Wildman–Crippen MR) is 91.6 cm³/mol. The molecular formula is C18H21N3O3. The number of rotatable bonds is 7. The van der Waals surface area contributed by atoms with Crippen LogP contribution in [0.5, 0.6) is 5.88 Å². The van der Waals surface area contributed by atoms with Gasteiger partial charge in [-0.15, -0.1) is 0 Å². The minimum absolute atomic E-state index is 0.0642. The Morgan fingerprint density at radius 1 is 1.17 bits per heavy atom. The Kier molecular flexibility index (Phi) is 6.31. The van der Waals surface area contributed by atoms with Crippen molar-refractivity contribution in [2.45, 2.75) is 19.9 Å². The Balaban J connectivity index is 1.91. The third kappa shape index (κ3) is 5.08. The molecule has 6 heteroatoms. The zero-order valence-electron chi connectivity index (χ0n) is 13.9. The number of hydrogen-bond acceptors (Lipinski definition) is 4. The van der Waals surface area contributed by atoms with Crippen molar-refractivity contribution in [3.8, 4) is 5.88 Å². The van der Waals surface area contributed by atoms with Crippen LogP contribution >= 0.6 is 0 Å². The van der Waals surface area contributed by atoms with Gasteiger partial charge in [-0.3, -0.25) is 9.59 Å². The Morgan fingerprint density at radius 3 is 2.58 bits per heavy atom. The highest BCUT2D eigenvalue weighted by Gasteiger charge is 2.13. The summed E-state index contributed by atoms with van der Waals surface area (Å²) in [6, 6.07) is 13.1. The first-order valence-corrected chi connectivity index (χ1v) is 7.68. The highest BCUT2D eigenvalue weighted by atomic mass is 16.5. The van der Waals surface area contributed by atoms with Crippen molar-refractivity contribution < 1.29 is 14.3 Å². The largest absolute Gasteiger partial charge is 0.480 e. The highest BCUT2D eigenvalue weighted by Crippen LogP contribution is 2.19. The molecule has 2 aromatic rings. The van der Waals surface area contributed by atoms with Crippen LogP contribution in [0.25, 0.3) is 0 Å². The lowest BCUT2D eigenvalue weighted by atomic mass is 10.2. The molecule has 6 nitrogen and oxygen atoms in total. The topological polar surface area (TPSA) is 71.5 Å². The zero-order valence-corrected chi connectivity index (χ0v) is 13.9. The van der Waals surface area contributed by atoms with E-state index < -0.39 is 0 Å². The third-order valence-corrected chi connectivity index (χ3v) is 3.51. The van der Waals surface area contributed by atoms with Crippen LogP contribution < -0.4 is 10.1 Å². The van der Waals surface area contributed by atoms with Gasteiger partial charge < -0.3 is 15.0 Å². The van der Waals surface area contributed by atoms with E-state index in [9.17, 15) is 9.59 Å². The van der Waals surface area contributed by atoms with Gasteiger partial charge in [-0.2, -0.15) is 0 Å². The number of carbonyl (C=O) groups is 2. The standard InChI is InChI=1S/C18H21N3O3/c1-14(22)21(13-15-7-4-3-5-8-15)12-10-17(23)20-16-9-6-11-19-18(16)24-2/h3-9,11H,10,12-13H2,1-2H3,(H,20,23). The van der Waals surface area contributed by atoms with Gasteiger partial charge in [0.1, 0.15) is 5.69 Å².